The van der Waals surface area contributed by atoms with Crippen molar-refractivity contribution in [3.05, 3.63) is 59.5 Å². The van der Waals surface area contributed by atoms with E-state index in [0.717, 1.165) is 5.56 Å². The van der Waals surface area contributed by atoms with Crippen molar-refractivity contribution in [3.63, 3.8) is 0 Å². The van der Waals surface area contributed by atoms with E-state index in [1.165, 1.54) is 18.2 Å². The minimum atomic E-state index is -0.862. The minimum absolute atomic E-state index is 0.167. The molecule has 6 nitrogen and oxygen atoms in total. The first-order valence-electron chi connectivity index (χ1n) is 6.98. The van der Waals surface area contributed by atoms with E-state index in [1.54, 1.807) is 24.4 Å². The van der Waals surface area contributed by atoms with Gasteiger partial charge in [-0.1, -0.05) is 18.2 Å². The molecule has 3 amide bonds. The number of halogens is 1. The Balaban J connectivity index is 2.13. The van der Waals surface area contributed by atoms with Gasteiger partial charge in [-0.05, 0) is 30.7 Å². The first-order valence-corrected chi connectivity index (χ1v) is 6.98. The molecule has 1 unspecified atom stereocenters. The summed E-state index contributed by atoms with van der Waals surface area (Å²) in [6.07, 6.45) is 1.40. The second-order valence-electron chi connectivity index (χ2n) is 5.05. The van der Waals surface area contributed by atoms with Crippen LogP contribution in [0.15, 0.2) is 42.6 Å². The van der Waals surface area contributed by atoms with Crippen molar-refractivity contribution in [3.8, 4) is 0 Å². The Hall–Kier alpha value is -2.96. The summed E-state index contributed by atoms with van der Waals surface area (Å²) >= 11 is 0. The summed E-state index contributed by atoms with van der Waals surface area (Å²) in [6.45, 7) is 1.87. The highest BCUT2D eigenvalue weighted by Gasteiger charge is 2.20. The number of aryl methyl sites for hydroxylation is 1. The molecule has 0 saturated heterocycles. The maximum absolute atomic E-state index is 13.9. The van der Waals surface area contributed by atoms with E-state index < -0.39 is 23.8 Å². The lowest BCUT2D eigenvalue weighted by molar-refractivity contribution is -0.116. The zero-order valence-corrected chi connectivity index (χ0v) is 12.5. The summed E-state index contributed by atoms with van der Waals surface area (Å²) in [7, 11) is 0. The highest BCUT2D eigenvalue weighted by Crippen LogP contribution is 2.20. The molecule has 120 valence electrons. The number of carbonyl (C=O) groups is 2. The number of primary amides is 1. The van der Waals surface area contributed by atoms with Crippen molar-refractivity contribution in [2.45, 2.75) is 19.4 Å². The van der Waals surface area contributed by atoms with Crippen LogP contribution in [0, 0.1) is 12.7 Å². The third-order valence-electron chi connectivity index (χ3n) is 3.17. The van der Waals surface area contributed by atoms with Gasteiger partial charge < -0.3 is 16.4 Å². The number of pyridine rings is 1. The second-order valence-corrected chi connectivity index (χ2v) is 5.05. The predicted octanol–water partition coefficient (Wildman–Crippen LogP) is 2.27. The Kier molecular flexibility index (Phi) is 5.24. The molecule has 23 heavy (non-hydrogen) atoms. The molecule has 0 fully saturated rings. The maximum atomic E-state index is 13.9. The topological polar surface area (TPSA) is 97.1 Å². The predicted molar refractivity (Wildman–Crippen MR) is 84.1 cm³/mol. The van der Waals surface area contributed by atoms with Crippen LogP contribution < -0.4 is 16.4 Å². The standard InChI is InChI=1S/C16H17FN4O2/c1-10-6-7-19-14(8-10)21-15(22)9-13(20-16(18)23)11-4-2-3-5-12(11)17/h2-8,13H,9H2,1H3,(H3,18,20,23)(H,19,21,22). The number of nitrogens with zero attached hydrogens (tertiary/aromatic N) is 1. The maximum Gasteiger partial charge on any atom is 0.312 e. The molecule has 1 atom stereocenters. The Labute approximate surface area is 132 Å². The molecule has 0 aliphatic carbocycles. The van der Waals surface area contributed by atoms with Crippen LogP contribution in [0.5, 0.6) is 0 Å². The molecule has 1 heterocycles. The lowest BCUT2D eigenvalue weighted by atomic mass is 10.0. The van der Waals surface area contributed by atoms with Crippen LogP contribution in [0.2, 0.25) is 0 Å². The number of aromatic nitrogens is 1. The van der Waals surface area contributed by atoms with Gasteiger partial charge >= 0.3 is 6.03 Å². The summed E-state index contributed by atoms with van der Waals surface area (Å²) < 4.78 is 13.9. The van der Waals surface area contributed by atoms with Gasteiger partial charge in [-0.3, -0.25) is 4.79 Å². The van der Waals surface area contributed by atoms with Gasteiger partial charge in [-0.15, -0.1) is 0 Å². The number of amides is 3. The van der Waals surface area contributed by atoms with Gasteiger partial charge in [0.15, 0.2) is 0 Å². The Morgan fingerprint density at radius 1 is 1.30 bits per heavy atom. The van der Waals surface area contributed by atoms with Gasteiger partial charge in [-0.2, -0.15) is 0 Å². The zero-order chi connectivity index (χ0) is 16.8. The quantitative estimate of drug-likeness (QED) is 0.789. The molecule has 2 aromatic rings. The third-order valence-corrected chi connectivity index (χ3v) is 3.17. The van der Waals surface area contributed by atoms with E-state index in [0.29, 0.717) is 5.82 Å². The fourth-order valence-corrected chi connectivity index (χ4v) is 2.15. The highest BCUT2D eigenvalue weighted by atomic mass is 19.1. The number of hydrogen-bond donors (Lipinski definition) is 3. The van der Waals surface area contributed by atoms with Crippen molar-refractivity contribution < 1.29 is 14.0 Å². The summed E-state index contributed by atoms with van der Waals surface area (Å²) in [5, 5.41) is 4.99. The van der Waals surface area contributed by atoms with Crippen molar-refractivity contribution >= 4 is 17.8 Å². The van der Waals surface area contributed by atoms with Gasteiger partial charge in [-0.25, -0.2) is 14.2 Å². The number of rotatable bonds is 5. The lowest BCUT2D eigenvalue weighted by Gasteiger charge is -2.18. The van der Waals surface area contributed by atoms with Gasteiger partial charge in [0.25, 0.3) is 0 Å². The molecule has 0 aliphatic rings. The summed E-state index contributed by atoms with van der Waals surface area (Å²) in [5.41, 5.74) is 6.25. The molecule has 4 N–H and O–H groups in total. The monoisotopic (exact) mass is 316 g/mol. The van der Waals surface area contributed by atoms with Crippen molar-refractivity contribution in [2.75, 3.05) is 5.32 Å². The largest absolute Gasteiger partial charge is 0.352 e. The molecule has 0 bridgehead atoms. The molecule has 1 aromatic carbocycles. The van der Waals surface area contributed by atoms with Crippen LogP contribution in [-0.2, 0) is 4.79 Å². The van der Waals surface area contributed by atoms with Gasteiger partial charge in [0.05, 0.1) is 12.5 Å². The van der Waals surface area contributed by atoms with E-state index >= 15 is 0 Å². The zero-order valence-electron chi connectivity index (χ0n) is 12.5. The normalized spacial score (nSPS) is 11.6. The number of nitrogens with one attached hydrogen (secondary N) is 2. The van der Waals surface area contributed by atoms with Crippen LogP contribution in [0.25, 0.3) is 0 Å². The number of carbonyl (C=O) groups excluding carboxylic acids is 2. The number of nitrogens with two attached hydrogens (primary N) is 1. The van der Waals surface area contributed by atoms with Gasteiger partial charge in [0.1, 0.15) is 11.6 Å². The first-order chi connectivity index (χ1) is 11.0. The van der Waals surface area contributed by atoms with E-state index in [-0.39, 0.29) is 12.0 Å². The van der Waals surface area contributed by atoms with E-state index in [1.807, 2.05) is 6.92 Å². The van der Waals surface area contributed by atoms with Crippen LogP contribution in [0.1, 0.15) is 23.6 Å². The fraction of sp³-hybridized carbons (Fsp3) is 0.188. The molecule has 0 aliphatic heterocycles. The van der Waals surface area contributed by atoms with E-state index in [2.05, 4.69) is 15.6 Å². The first kappa shape index (κ1) is 16.4. The number of anilines is 1. The highest BCUT2D eigenvalue weighted by molar-refractivity contribution is 5.90. The van der Waals surface area contributed by atoms with Crippen molar-refractivity contribution in [1.29, 1.82) is 0 Å². The number of benzene rings is 1. The van der Waals surface area contributed by atoms with Crippen LogP contribution in [0.3, 0.4) is 0 Å². The minimum Gasteiger partial charge on any atom is -0.352 e. The van der Waals surface area contributed by atoms with Crippen molar-refractivity contribution in [2.24, 2.45) is 5.73 Å². The molecular formula is C16H17FN4O2. The summed E-state index contributed by atoms with van der Waals surface area (Å²) in [5.74, 6) is -0.542. The average molecular weight is 316 g/mol. The van der Waals surface area contributed by atoms with E-state index in [9.17, 15) is 14.0 Å². The second kappa shape index (κ2) is 7.35. The van der Waals surface area contributed by atoms with Crippen LogP contribution in [0.4, 0.5) is 15.0 Å². The molecule has 2 rings (SSSR count). The average Bonchev–Trinajstić information content (AvgIpc) is 2.46. The van der Waals surface area contributed by atoms with Crippen LogP contribution in [-0.4, -0.2) is 16.9 Å². The van der Waals surface area contributed by atoms with Gasteiger partial charge in [0, 0.05) is 11.8 Å². The molecule has 7 heteroatoms. The van der Waals surface area contributed by atoms with Crippen molar-refractivity contribution in [1.82, 2.24) is 10.3 Å². The van der Waals surface area contributed by atoms with E-state index in [4.69, 9.17) is 5.73 Å². The lowest BCUT2D eigenvalue weighted by Crippen LogP contribution is -2.35. The van der Waals surface area contributed by atoms with Crippen LogP contribution >= 0.6 is 0 Å². The SMILES string of the molecule is Cc1ccnc(NC(=O)CC(NC(N)=O)c2ccccc2F)c1. The molecule has 0 radical (unpaired) electrons. The summed E-state index contributed by atoms with van der Waals surface area (Å²) in [4.78, 5) is 27.3. The van der Waals surface area contributed by atoms with Gasteiger partial charge in [0.2, 0.25) is 5.91 Å². The molecule has 0 spiro atoms. The Morgan fingerprint density at radius 2 is 2.04 bits per heavy atom. The Bertz CT molecular complexity index is 721. The Morgan fingerprint density at radius 3 is 2.70 bits per heavy atom. The fourth-order valence-electron chi connectivity index (χ4n) is 2.15. The molecule has 0 saturated carbocycles. The summed E-state index contributed by atoms with van der Waals surface area (Å²) in [6, 6.07) is 7.70. The molecular weight excluding hydrogens is 299 g/mol. The third kappa shape index (κ3) is 4.77. The number of hydrogen-bond acceptors (Lipinski definition) is 3. The smallest absolute Gasteiger partial charge is 0.312 e. The molecule has 1 aromatic heterocycles. The number of urea groups is 1.